The molecule has 0 atom stereocenters. The van der Waals surface area contributed by atoms with Crippen LogP contribution in [0.25, 0.3) is 11.3 Å². The zero-order valence-electron chi connectivity index (χ0n) is 13.1. The molecule has 0 fully saturated rings. The summed E-state index contributed by atoms with van der Waals surface area (Å²) in [4.78, 5) is 26.7. The van der Waals surface area contributed by atoms with E-state index in [0.29, 0.717) is 11.3 Å². The van der Waals surface area contributed by atoms with Crippen molar-refractivity contribution in [3.63, 3.8) is 0 Å². The summed E-state index contributed by atoms with van der Waals surface area (Å²) >= 11 is 4.84. The lowest BCUT2D eigenvalue weighted by Crippen LogP contribution is -2.29. The molecule has 10 nitrogen and oxygen atoms in total. The molecule has 0 aliphatic carbocycles. The van der Waals surface area contributed by atoms with Crippen molar-refractivity contribution in [2.45, 2.75) is 0 Å². The van der Waals surface area contributed by atoms with Gasteiger partial charge in [0.2, 0.25) is 0 Å². The molecule has 0 saturated carbocycles. The SMILES string of the molecule is NC(=S)n1[nH]c(-c2ccc([N+](=O)[O-])cc2)c(N=Nc2cccnc2)c1=O. The number of azo groups is 1. The van der Waals surface area contributed by atoms with Crippen molar-refractivity contribution in [3.8, 4) is 11.3 Å². The number of nitrogens with one attached hydrogen (secondary N) is 1. The van der Waals surface area contributed by atoms with Crippen LogP contribution in [0.3, 0.4) is 0 Å². The Kier molecular flexibility index (Phi) is 4.62. The number of benzene rings is 1. The second-order valence-corrected chi connectivity index (χ2v) is 5.45. The first kappa shape index (κ1) is 17.1. The van der Waals surface area contributed by atoms with Gasteiger partial charge in [0.1, 0.15) is 5.69 Å². The van der Waals surface area contributed by atoms with E-state index in [0.717, 1.165) is 4.68 Å². The maximum atomic E-state index is 12.5. The molecule has 0 saturated heterocycles. The molecule has 2 aromatic heterocycles. The van der Waals surface area contributed by atoms with E-state index >= 15 is 0 Å². The molecule has 0 unspecified atom stereocenters. The van der Waals surface area contributed by atoms with Gasteiger partial charge in [-0.05, 0) is 36.5 Å². The standard InChI is InChI=1S/C15H11N7O3S/c16-15(26)21-14(23)13(19-18-10-2-1-7-17-8-10)12(20-21)9-3-5-11(6-4-9)22(24)25/h1-8,20H,(H2,16,26). The predicted octanol–water partition coefficient (Wildman–Crippen LogP) is 2.65. The monoisotopic (exact) mass is 369 g/mol. The van der Waals surface area contributed by atoms with Crippen molar-refractivity contribution in [1.82, 2.24) is 14.8 Å². The number of nitro groups is 1. The Morgan fingerprint density at radius 2 is 2.00 bits per heavy atom. The molecule has 3 N–H and O–H groups in total. The van der Waals surface area contributed by atoms with Crippen LogP contribution < -0.4 is 11.3 Å². The summed E-state index contributed by atoms with van der Waals surface area (Å²) in [5, 5.41) is 21.3. The highest BCUT2D eigenvalue weighted by Crippen LogP contribution is 2.28. The highest BCUT2D eigenvalue weighted by atomic mass is 32.1. The summed E-state index contributed by atoms with van der Waals surface area (Å²) < 4.78 is 0.948. The number of rotatable bonds is 4. The smallest absolute Gasteiger partial charge is 0.301 e. The number of hydrogen-bond acceptors (Lipinski definition) is 7. The molecule has 0 aliphatic rings. The number of nitrogens with two attached hydrogens (primary N) is 1. The van der Waals surface area contributed by atoms with E-state index in [9.17, 15) is 14.9 Å². The molecule has 0 amide bonds. The summed E-state index contributed by atoms with van der Waals surface area (Å²) in [5.41, 5.74) is 6.06. The number of aromatic amines is 1. The number of nitrogens with zero attached hydrogens (tertiary/aromatic N) is 5. The van der Waals surface area contributed by atoms with E-state index in [-0.39, 0.29) is 22.2 Å². The van der Waals surface area contributed by atoms with Crippen molar-refractivity contribution in [2.24, 2.45) is 16.0 Å². The minimum absolute atomic E-state index is 0.0319. The molecule has 3 rings (SSSR count). The highest BCUT2D eigenvalue weighted by molar-refractivity contribution is 7.80. The molecule has 1 aromatic carbocycles. The van der Waals surface area contributed by atoms with Gasteiger partial charge in [0.05, 0.1) is 16.8 Å². The molecular weight excluding hydrogens is 358 g/mol. The van der Waals surface area contributed by atoms with Gasteiger partial charge in [-0.3, -0.25) is 25.0 Å². The van der Waals surface area contributed by atoms with Crippen LogP contribution in [0.4, 0.5) is 17.1 Å². The lowest BCUT2D eigenvalue weighted by Gasteiger charge is -1.99. The second kappa shape index (κ2) is 7.03. The quantitative estimate of drug-likeness (QED) is 0.313. The molecule has 130 valence electrons. The minimum atomic E-state index is -0.585. The van der Waals surface area contributed by atoms with E-state index < -0.39 is 10.5 Å². The van der Waals surface area contributed by atoms with Gasteiger partial charge in [-0.1, -0.05) is 0 Å². The maximum absolute atomic E-state index is 12.5. The van der Waals surface area contributed by atoms with Gasteiger partial charge in [-0.25, -0.2) is 0 Å². The first-order valence-electron chi connectivity index (χ1n) is 7.19. The Labute approximate surface area is 151 Å². The van der Waals surface area contributed by atoms with Crippen LogP contribution in [-0.4, -0.2) is 24.8 Å². The third-order valence-electron chi connectivity index (χ3n) is 3.36. The van der Waals surface area contributed by atoms with Crippen LogP contribution in [-0.2, 0) is 0 Å². The average molecular weight is 369 g/mol. The van der Waals surface area contributed by atoms with Crippen LogP contribution in [0.2, 0.25) is 0 Å². The Morgan fingerprint density at radius 1 is 1.27 bits per heavy atom. The van der Waals surface area contributed by atoms with Gasteiger partial charge in [-0.15, -0.1) is 10.2 Å². The number of pyridine rings is 1. The summed E-state index contributed by atoms with van der Waals surface area (Å²) in [7, 11) is 0. The van der Waals surface area contributed by atoms with Gasteiger partial charge in [0, 0.05) is 23.9 Å². The fourth-order valence-electron chi connectivity index (χ4n) is 2.15. The zero-order chi connectivity index (χ0) is 18.7. The van der Waals surface area contributed by atoms with Crippen LogP contribution in [0.5, 0.6) is 0 Å². The van der Waals surface area contributed by atoms with Crippen molar-refractivity contribution in [1.29, 1.82) is 0 Å². The number of thiocarbonyl (C=S) groups is 1. The molecule has 3 aromatic rings. The fraction of sp³-hybridized carbons (Fsp3) is 0. The fourth-order valence-corrected chi connectivity index (χ4v) is 2.28. The molecule has 0 bridgehead atoms. The van der Waals surface area contributed by atoms with Crippen LogP contribution in [0, 0.1) is 10.1 Å². The largest absolute Gasteiger partial charge is 0.374 e. The van der Waals surface area contributed by atoms with Crippen molar-refractivity contribution >= 4 is 34.4 Å². The molecule has 11 heteroatoms. The first-order chi connectivity index (χ1) is 12.5. The van der Waals surface area contributed by atoms with Gasteiger partial charge < -0.3 is 5.73 Å². The molecule has 0 spiro atoms. The molecular formula is C15H11N7O3S. The Morgan fingerprint density at radius 3 is 2.58 bits per heavy atom. The van der Waals surface area contributed by atoms with E-state index in [1.54, 1.807) is 18.3 Å². The van der Waals surface area contributed by atoms with E-state index in [2.05, 4.69) is 20.3 Å². The topological polar surface area (TPSA) is 145 Å². The Hall–Kier alpha value is -3.73. The number of non-ortho nitro benzene ring substituents is 1. The average Bonchev–Trinajstić information content (AvgIpc) is 2.97. The maximum Gasteiger partial charge on any atom is 0.301 e. The van der Waals surface area contributed by atoms with Crippen molar-refractivity contribution < 1.29 is 4.92 Å². The Balaban J connectivity index is 2.10. The number of hydrogen-bond donors (Lipinski definition) is 2. The van der Waals surface area contributed by atoms with Crippen LogP contribution in [0.1, 0.15) is 0 Å². The lowest BCUT2D eigenvalue weighted by molar-refractivity contribution is -0.384. The molecule has 0 aliphatic heterocycles. The van der Waals surface area contributed by atoms with Gasteiger partial charge in [-0.2, -0.15) is 4.68 Å². The summed E-state index contributed by atoms with van der Waals surface area (Å²) in [6, 6.07) is 8.94. The third kappa shape index (κ3) is 3.37. The molecule has 2 heterocycles. The lowest BCUT2D eigenvalue weighted by atomic mass is 10.1. The molecule has 26 heavy (non-hydrogen) atoms. The highest BCUT2D eigenvalue weighted by Gasteiger charge is 2.18. The molecule has 0 radical (unpaired) electrons. The number of H-pyrrole nitrogens is 1. The van der Waals surface area contributed by atoms with E-state index in [1.807, 2.05) is 0 Å². The first-order valence-corrected chi connectivity index (χ1v) is 7.59. The minimum Gasteiger partial charge on any atom is -0.374 e. The normalized spacial score (nSPS) is 10.9. The number of nitro benzene ring substituents is 1. The summed E-state index contributed by atoms with van der Waals surface area (Å²) in [6.45, 7) is 0. The summed E-state index contributed by atoms with van der Waals surface area (Å²) in [6.07, 6.45) is 3.06. The van der Waals surface area contributed by atoms with Gasteiger partial charge >= 0.3 is 5.56 Å². The Bertz CT molecular complexity index is 1060. The van der Waals surface area contributed by atoms with Gasteiger partial charge in [0.15, 0.2) is 10.8 Å². The second-order valence-electron chi connectivity index (χ2n) is 5.03. The van der Waals surface area contributed by atoms with Crippen LogP contribution in [0.15, 0.2) is 63.8 Å². The zero-order valence-corrected chi connectivity index (χ0v) is 13.9. The van der Waals surface area contributed by atoms with Crippen molar-refractivity contribution in [2.75, 3.05) is 0 Å². The van der Waals surface area contributed by atoms with Gasteiger partial charge in [0.25, 0.3) is 5.69 Å². The third-order valence-corrected chi connectivity index (χ3v) is 3.55. The van der Waals surface area contributed by atoms with E-state index in [1.165, 1.54) is 30.5 Å². The summed E-state index contributed by atoms with van der Waals surface area (Å²) in [5.74, 6) is 0. The van der Waals surface area contributed by atoms with Crippen molar-refractivity contribution in [3.05, 3.63) is 69.3 Å². The number of aromatic nitrogens is 3. The predicted molar refractivity (Wildman–Crippen MR) is 97.7 cm³/mol. The van der Waals surface area contributed by atoms with E-state index in [4.69, 9.17) is 18.0 Å². The van der Waals surface area contributed by atoms with Crippen LogP contribution >= 0.6 is 12.2 Å².